The molecule has 0 aromatic heterocycles. The average Bonchev–Trinajstić information content (AvgIpc) is 1.92. The number of nitrogens with zero attached hydrogens (tertiary/aromatic N) is 2. The number of aliphatic imine (C=N–C) groups is 1. The van der Waals surface area contributed by atoms with Crippen LogP contribution in [0, 0.1) is 4.91 Å². The molecule has 1 heterocycles. The van der Waals surface area contributed by atoms with Crippen molar-refractivity contribution in [2.75, 3.05) is 0 Å². The van der Waals surface area contributed by atoms with E-state index in [2.05, 4.69) is 4.99 Å². The number of hydrogen-bond donors (Lipinski definition) is 0. The molecule has 1 aliphatic heterocycles. The predicted molar refractivity (Wildman–Crippen MR) is 50.1 cm³/mol. The maximum absolute atomic E-state index is 10.9. The van der Waals surface area contributed by atoms with E-state index in [4.69, 9.17) is 46.4 Å². The zero-order valence-electron chi connectivity index (χ0n) is 5.55. The van der Waals surface area contributed by atoms with Gasteiger partial charge in [-0.15, -0.1) is 0 Å². The average molecular weight is 249 g/mol. The minimum Gasteiger partial charge on any atom is -0.246 e. The first-order valence-electron chi connectivity index (χ1n) is 2.84. The first kappa shape index (κ1) is 10.3. The van der Waals surface area contributed by atoms with Crippen molar-refractivity contribution in [2.24, 2.45) is 4.99 Å². The molecule has 0 amide bonds. The zero-order valence-corrected chi connectivity index (χ0v) is 8.57. The molecule has 1 aliphatic rings. The second kappa shape index (κ2) is 3.50. The third-order valence-corrected chi connectivity index (χ3v) is 2.15. The van der Waals surface area contributed by atoms with Crippen molar-refractivity contribution in [2.45, 2.75) is 9.29 Å². The standard InChI is InChI=1S/C5H3Cl4N2O/c6-4-3(5(7,8)9)10-1-2-11(4)12/h1-2,4H/q+1. The van der Waals surface area contributed by atoms with Gasteiger partial charge in [-0.3, -0.25) is 0 Å². The molecule has 0 N–H and O–H groups in total. The molecule has 0 saturated carbocycles. The minimum atomic E-state index is -1.74. The van der Waals surface area contributed by atoms with Gasteiger partial charge >= 0.3 is 5.50 Å². The normalized spacial score (nSPS) is 24.2. The highest BCUT2D eigenvalue weighted by molar-refractivity contribution is 6.78. The summed E-state index contributed by atoms with van der Waals surface area (Å²) in [5.74, 6) is 0. The van der Waals surface area contributed by atoms with E-state index in [9.17, 15) is 4.91 Å². The van der Waals surface area contributed by atoms with E-state index in [0.717, 1.165) is 6.20 Å². The monoisotopic (exact) mass is 247 g/mol. The minimum absolute atomic E-state index is 0.00617. The molecule has 0 aromatic carbocycles. The zero-order chi connectivity index (χ0) is 9.35. The summed E-state index contributed by atoms with van der Waals surface area (Å²) in [5.41, 5.74) is -1.05. The van der Waals surface area contributed by atoms with E-state index in [1.165, 1.54) is 6.20 Å². The van der Waals surface area contributed by atoms with Crippen LogP contribution in [0.2, 0.25) is 0 Å². The SMILES string of the molecule is O=[N+]1C=CN=C(C(Cl)(Cl)Cl)C1Cl. The van der Waals surface area contributed by atoms with E-state index in [0.29, 0.717) is 4.76 Å². The van der Waals surface area contributed by atoms with Crippen LogP contribution in [0.1, 0.15) is 0 Å². The fourth-order valence-electron chi connectivity index (χ4n) is 0.645. The van der Waals surface area contributed by atoms with Gasteiger partial charge in [-0.25, -0.2) is 4.99 Å². The van der Waals surface area contributed by atoms with Gasteiger partial charge in [-0.05, 0) is 11.6 Å². The topological polar surface area (TPSA) is 32.4 Å². The molecule has 1 atom stereocenters. The van der Waals surface area contributed by atoms with Gasteiger partial charge in [0, 0.05) is 4.91 Å². The second-order valence-electron chi connectivity index (χ2n) is 2.01. The Balaban J connectivity index is 2.98. The highest BCUT2D eigenvalue weighted by Gasteiger charge is 2.42. The molecule has 0 aliphatic carbocycles. The Morgan fingerprint density at radius 1 is 1.50 bits per heavy atom. The fraction of sp³-hybridized carbons (Fsp3) is 0.400. The molecule has 0 bridgehead atoms. The molecule has 66 valence electrons. The van der Waals surface area contributed by atoms with Gasteiger partial charge in [0.05, 0.1) is 11.0 Å². The van der Waals surface area contributed by atoms with Crippen molar-refractivity contribution in [3.8, 4) is 0 Å². The van der Waals surface area contributed by atoms with Crippen molar-refractivity contribution in [3.05, 3.63) is 17.3 Å². The quantitative estimate of drug-likeness (QED) is 0.369. The first-order valence-corrected chi connectivity index (χ1v) is 4.41. The van der Waals surface area contributed by atoms with Crippen LogP contribution in [-0.4, -0.2) is 19.8 Å². The summed E-state index contributed by atoms with van der Waals surface area (Å²) in [5, 5.41) is 0. The van der Waals surface area contributed by atoms with Crippen LogP contribution in [-0.2, 0) is 0 Å². The van der Waals surface area contributed by atoms with Crippen molar-refractivity contribution in [1.29, 1.82) is 0 Å². The van der Waals surface area contributed by atoms with Crippen LogP contribution in [0.4, 0.5) is 0 Å². The Labute approximate surface area is 88.5 Å². The number of hydrogen-bond acceptors (Lipinski definition) is 2. The summed E-state index contributed by atoms with van der Waals surface area (Å²) in [6.45, 7) is 0. The van der Waals surface area contributed by atoms with Gasteiger partial charge in [0.2, 0.25) is 9.99 Å². The fourth-order valence-corrected chi connectivity index (χ4v) is 1.55. The van der Waals surface area contributed by atoms with Crippen LogP contribution in [0.5, 0.6) is 0 Å². The van der Waals surface area contributed by atoms with E-state index in [1.54, 1.807) is 0 Å². The van der Waals surface area contributed by atoms with Gasteiger partial charge in [-0.1, -0.05) is 34.8 Å². The van der Waals surface area contributed by atoms with Gasteiger partial charge in [0.1, 0.15) is 0 Å². The summed E-state index contributed by atoms with van der Waals surface area (Å²) >= 11 is 22.1. The van der Waals surface area contributed by atoms with Crippen LogP contribution < -0.4 is 0 Å². The molecule has 1 unspecified atom stereocenters. The molecule has 3 nitrogen and oxygen atoms in total. The number of nitroso groups, excluding NO2 is 1. The van der Waals surface area contributed by atoms with E-state index < -0.39 is 9.29 Å². The van der Waals surface area contributed by atoms with E-state index in [-0.39, 0.29) is 5.71 Å². The third kappa shape index (κ3) is 2.10. The molecule has 0 saturated heterocycles. The molecule has 1 rings (SSSR count). The Kier molecular flexibility index (Phi) is 2.99. The molecular formula is C5H3Cl4N2O+. The predicted octanol–water partition coefficient (Wildman–Crippen LogP) is 2.63. The van der Waals surface area contributed by atoms with E-state index >= 15 is 0 Å². The van der Waals surface area contributed by atoms with Gasteiger partial charge in [-0.2, -0.15) is 0 Å². The lowest BCUT2D eigenvalue weighted by atomic mass is 10.4. The maximum atomic E-state index is 10.9. The Morgan fingerprint density at radius 3 is 2.50 bits per heavy atom. The largest absolute Gasteiger partial charge is 0.323 e. The Morgan fingerprint density at radius 2 is 2.08 bits per heavy atom. The Bertz CT molecular complexity index is 267. The third-order valence-electron chi connectivity index (χ3n) is 1.17. The van der Waals surface area contributed by atoms with Gasteiger partial charge in [0.25, 0.3) is 0 Å². The highest BCUT2D eigenvalue weighted by atomic mass is 35.6. The van der Waals surface area contributed by atoms with Gasteiger partial charge in [0.15, 0.2) is 5.71 Å². The Hall–Kier alpha value is 0.170. The first-order chi connectivity index (χ1) is 5.43. The van der Waals surface area contributed by atoms with Crippen molar-refractivity contribution in [3.63, 3.8) is 0 Å². The molecule has 0 fully saturated rings. The molecule has 0 spiro atoms. The summed E-state index contributed by atoms with van der Waals surface area (Å²) in [4.78, 5) is 14.6. The summed E-state index contributed by atoms with van der Waals surface area (Å²) in [7, 11) is 0. The van der Waals surface area contributed by atoms with Crippen molar-refractivity contribution in [1.82, 2.24) is 0 Å². The molecule has 0 aromatic rings. The summed E-state index contributed by atoms with van der Waals surface area (Å²) in [6, 6.07) is 0. The van der Waals surface area contributed by atoms with Crippen LogP contribution >= 0.6 is 46.4 Å². The lowest BCUT2D eigenvalue weighted by Gasteiger charge is -2.14. The van der Waals surface area contributed by atoms with Crippen LogP contribution in [0.3, 0.4) is 0 Å². The summed E-state index contributed by atoms with van der Waals surface area (Å²) < 4.78 is -1.29. The van der Waals surface area contributed by atoms with Gasteiger partial charge < -0.3 is 0 Å². The highest BCUT2D eigenvalue weighted by Crippen LogP contribution is 2.32. The molecule has 12 heavy (non-hydrogen) atoms. The number of halogens is 4. The van der Waals surface area contributed by atoms with E-state index in [1.807, 2.05) is 0 Å². The maximum Gasteiger partial charge on any atom is 0.323 e. The molecule has 0 radical (unpaired) electrons. The number of alkyl halides is 4. The molecule has 7 heteroatoms. The smallest absolute Gasteiger partial charge is 0.246 e. The lowest BCUT2D eigenvalue weighted by molar-refractivity contribution is -0.481. The van der Waals surface area contributed by atoms with Crippen LogP contribution in [0.15, 0.2) is 17.4 Å². The van der Waals surface area contributed by atoms with Crippen molar-refractivity contribution >= 4 is 52.1 Å². The van der Waals surface area contributed by atoms with Crippen LogP contribution in [0.25, 0.3) is 0 Å². The second-order valence-corrected chi connectivity index (χ2v) is 4.70. The summed E-state index contributed by atoms with van der Waals surface area (Å²) in [6.07, 6.45) is 2.38. The lowest BCUT2D eigenvalue weighted by Crippen LogP contribution is -2.35. The van der Waals surface area contributed by atoms with Crippen molar-refractivity contribution < 1.29 is 4.76 Å². The molecular weight excluding hydrogens is 246 g/mol. The number of rotatable bonds is 0.